The van der Waals surface area contributed by atoms with Crippen LogP contribution < -0.4 is 5.32 Å². The molecule has 96 valence electrons. The van der Waals surface area contributed by atoms with Crippen LogP contribution in [0.25, 0.3) is 10.8 Å². The SMILES string of the molecule is N#Cc1cc(Br)ccc1Nc1cccc2ccccc12. The van der Waals surface area contributed by atoms with Crippen LogP contribution in [0.3, 0.4) is 0 Å². The third-order valence-electron chi connectivity index (χ3n) is 3.16. The number of halogens is 1. The molecule has 0 amide bonds. The van der Waals surface area contributed by atoms with E-state index in [1.54, 1.807) is 0 Å². The van der Waals surface area contributed by atoms with E-state index in [1.165, 1.54) is 5.39 Å². The Balaban J connectivity index is 2.08. The summed E-state index contributed by atoms with van der Waals surface area (Å²) in [5.41, 5.74) is 2.43. The van der Waals surface area contributed by atoms with Gasteiger partial charge in [0.15, 0.2) is 0 Å². The van der Waals surface area contributed by atoms with Crippen molar-refractivity contribution in [2.75, 3.05) is 5.32 Å². The van der Waals surface area contributed by atoms with Crippen LogP contribution in [-0.2, 0) is 0 Å². The lowest BCUT2D eigenvalue weighted by molar-refractivity contribution is 1.46. The van der Waals surface area contributed by atoms with Crippen molar-refractivity contribution in [2.24, 2.45) is 0 Å². The Morgan fingerprint density at radius 3 is 2.55 bits per heavy atom. The van der Waals surface area contributed by atoms with Crippen LogP contribution in [0.1, 0.15) is 5.56 Å². The zero-order valence-electron chi connectivity index (χ0n) is 10.6. The largest absolute Gasteiger partial charge is 0.354 e. The molecular weight excluding hydrogens is 312 g/mol. The molecule has 0 spiro atoms. The Kier molecular flexibility index (Phi) is 3.41. The fraction of sp³-hybridized carbons (Fsp3) is 0. The molecule has 3 aromatic rings. The number of hydrogen-bond acceptors (Lipinski definition) is 2. The number of rotatable bonds is 2. The highest BCUT2D eigenvalue weighted by atomic mass is 79.9. The summed E-state index contributed by atoms with van der Waals surface area (Å²) >= 11 is 3.38. The van der Waals surface area contributed by atoms with Crippen molar-refractivity contribution in [3.05, 3.63) is 70.7 Å². The van der Waals surface area contributed by atoms with Crippen molar-refractivity contribution in [1.82, 2.24) is 0 Å². The van der Waals surface area contributed by atoms with E-state index in [-0.39, 0.29) is 0 Å². The average Bonchev–Trinajstić information content (AvgIpc) is 2.49. The molecule has 0 fully saturated rings. The van der Waals surface area contributed by atoms with E-state index >= 15 is 0 Å². The molecular formula is C17H11BrN2. The van der Waals surface area contributed by atoms with Crippen LogP contribution in [0.15, 0.2) is 65.1 Å². The predicted octanol–water partition coefficient (Wildman–Crippen LogP) is 5.22. The van der Waals surface area contributed by atoms with Crippen molar-refractivity contribution in [3.8, 4) is 6.07 Å². The van der Waals surface area contributed by atoms with Gasteiger partial charge in [-0.3, -0.25) is 0 Å². The Hall–Kier alpha value is -2.31. The predicted molar refractivity (Wildman–Crippen MR) is 86.1 cm³/mol. The van der Waals surface area contributed by atoms with Crippen molar-refractivity contribution in [2.45, 2.75) is 0 Å². The molecule has 0 saturated heterocycles. The molecule has 0 saturated carbocycles. The van der Waals surface area contributed by atoms with Crippen LogP contribution >= 0.6 is 15.9 Å². The Morgan fingerprint density at radius 1 is 0.900 bits per heavy atom. The maximum Gasteiger partial charge on any atom is 0.101 e. The number of benzene rings is 3. The summed E-state index contributed by atoms with van der Waals surface area (Å²) in [5.74, 6) is 0. The highest BCUT2D eigenvalue weighted by Gasteiger charge is 2.05. The molecule has 0 aliphatic rings. The first kappa shape index (κ1) is 12.7. The Labute approximate surface area is 125 Å². The van der Waals surface area contributed by atoms with Gasteiger partial charge in [-0.1, -0.05) is 52.3 Å². The molecule has 3 aromatic carbocycles. The molecule has 3 heteroatoms. The topological polar surface area (TPSA) is 35.8 Å². The molecule has 0 bridgehead atoms. The first-order valence-electron chi connectivity index (χ1n) is 6.22. The minimum atomic E-state index is 0.618. The average molecular weight is 323 g/mol. The van der Waals surface area contributed by atoms with Crippen LogP contribution in [0.5, 0.6) is 0 Å². The monoisotopic (exact) mass is 322 g/mol. The second-order valence-corrected chi connectivity index (χ2v) is 5.37. The minimum Gasteiger partial charge on any atom is -0.354 e. The maximum atomic E-state index is 9.22. The number of fused-ring (bicyclic) bond motifs is 1. The van der Waals surface area contributed by atoms with Gasteiger partial charge in [0.05, 0.1) is 11.3 Å². The van der Waals surface area contributed by atoms with Gasteiger partial charge in [0.1, 0.15) is 6.07 Å². The van der Waals surface area contributed by atoms with Gasteiger partial charge >= 0.3 is 0 Å². The number of nitrogens with one attached hydrogen (secondary N) is 1. The summed E-state index contributed by atoms with van der Waals surface area (Å²) in [4.78, 5) is 0. The molecule has 1 N–H and O–H groups in total. The van der Waals surface area contributed by atoms with E-state index in [1.807, 2.05) is 42.5 Å². The molecule has 0 aromatic heterocycles. The fourth-order valence-electron chi connectivity index (χ4n) is 2.20. The summed E-state index contributed by atoms with van der Waals surface area (Å²) < 4.78 is 0.900. The number of anilines is 2. The third-order valence-corrected chi connectivity index (χ3v) is 3.65. The van der Waals surface area contributed by atoms with Gasteiger partial charge in [0.25, 0.3) is 0 Å². The van der Waals surface area contributed by atoms with E-state index in [0.29, 0.717) is 5.56 Å². The van der Waals surface area contributed by atoms with E-state index in [9.17, 15) is 5.26 Å². The van der Waals surface area contributed by atoms with Gasteiger partial charge in [0, 0.05) is 15.5 Å². The quantitative estimate of drug-likeness (QED) is 0.702. The molecule has 0 aliphatic carbocycles. The van der Waals surface area contributed by atoms with E-state index in [0.717, 1.165) is 21.2 Å². The van der Waals surface area contributed by atoms with E-state index in [4.69, 9.17) is 0 Å². The molecule has 0 radical (unpaired) electrons. The van der Waals surface area contributed by atoms with Crippen LogP contribution in [-0.4, -0.2) is 0 Å². The zero-order valence-corrected chi connectivity index (χ0v) is 12.2. The van der Waals surface area contributed by atoms with Gasteiger partial charge < -0.3 is 5.32 Å². The highest BCUT2D eigenvalue weighted by Crippen LogP contribution is 2.28. The van der Waals surface area contributed by atoms with E-state index in [2.05, 4.69) is 45.5 Å². The van der Waals surface area contributed by atoms with Crippen LogP contribution in [0, 0.1) is 11.3 Å². The summed E-state index contributed by atoms with van der Waals surface area (Å²) in [6, 6.07) is 22.1. The number of hydrogen-bond donors (Lipinski definition) is 1. The van der Waals surface area contributed by atoms with Gasteiger partial charge in [-0.15, -0.1) is 0 Å². The summed E-state index contributed by atoms with van der Waals surface area (Å²) in [6.07, 6.45) is 0. The van der Waals surface area contributed by atoms with Crippen LogP contribution in [0.2, 0.25) is 0 Å². The van der Waals surface area contributed by atoms with Gasteiger partial charge in [0.2, 0.25) is 0 Å². The molecule has 2 nitrogen and oxygen atoms in total. The maximum absolute atomic E-state index is 9.22. The number of nitriles is 1. The van der Waals surface area contributed by atoms with E-state index < -0.39 is 0 Å². The van der Waals surface area contributed by atoms with Crippen molar-refractivity contribution >= 4 is 38.1 Å². The molecule has 0 atom stereocenters. The zero-order chi connectivity index (χ0) is 13.9. The highest BCUT2D eigenvalue weighted by molar-refractivity contribution is 9.10. The first-order chi connectivity index (χ1) is 9.78. The third kappa shape index (κ3) is 2.38. The molecule has 0 heterocycles. The van der Waals surface area contributed by atoms with Gasteiger partial charge in [-0.25, -0.2) is 0 Å². The minimum absolute atomic E-state index is 0.618. The second kappa shape index (κ2) is 5.36. The molecule has 20 heavy (non-hydrogen) atoms. The van der Waals surface area contributed by atoms with Crippen molar-refractivity contribution in [1.29, 1.82) is 5.26 Å². The normalized spacial score (nSPS) is 10.2. The Morgan fingerprint density at radius 2 is 1.70 bits per heavy atom. The number of nitrogens with zero attached hydrogens (tertiary/aromatic N) is 1. The standard InChI is InChI=1S/C17H11BrN2/c18-14-8-9-16(13(10-14)11-19)20-17-7-3-5-12-4-1-2-6-15(12)17/h1-10,20H. The lowest BCUT2D eigenvalue weighted by Gasteiger charge is -2.11. The smallest absolute Gasteiger partial charge is 0.101 e. The van der Waals surface area contributed by atoms with Gasteiger partial charge in [-0.05, 0) is 29.7 Å². The van der Waals surface area contributed by atoms with Crippen molar-refractivity contribution in [3.63, 3.8) is 0 Å². The van der Waals surface area contributed by atoms with Gasteiger partial charge in [-0.2, -0.15) is 5.26 Å². The first-order valence-corrected chi connectivity index (χ1v) is 7.01. The Bertz CT molecular complexity index is 813. The fourth-order valence-corrected chi connectivity index (χ4v) is 2.56. The summed E-state index contributed by atoms with van der Waals surface area (Å²) in [6.45, 7) is 0. The second-order valence-electron chi connectivity index (χ2n) is 4.45. The van der Waals surface area contributed by atoms with Crippen molar-refractivity contribution < 1.29 is 0 Å². The lowest BCUT2D eigenvalue weighted by Crippen LogP contribution is -1.94. The summed E-state index contributed by atoms with van der Waals surface area (Å²) in [5, 5.41) is 14.9. The molecule has 0 aliphatic heterocycles. The summed E-state index contributed by atoms with van der Waals surface area (Å²) in [7, 11) is 0. The molecule has 0 unspecified atom stereocenters. The molecule has 3 rings (SSSR count). The lowest BCUT2D eigenvalue weighted by atomic mass is 10.1. The van der Waals surface area contributed by atoms with Crippen LogP contribution in [0.4, 0.5) is 11.4 Å².